The third-order valence-corrected chi connectivity index (χ3v) is 3.49. The van der Waals surface area contributed by atoms with E-state index in [4.69, 9.17) is 0 Å². The van der Waals surface area contributed by atoms with Crippen molar-refractivity contribution in [2.24, 2.45) is 0 Å². The van der Waals surface area contributed by atoms with Gasteiger partial charge in [-0.3, -0.25) is 4.79 Å². The summed E-state index contributed by atoms with van der Waals surface area (Å²) in [5, 5.41) is 2.56. The third-order valence-electron chi connectivity index (χ3n) is 2.53. The lowest BCUT2D eigenvalue weighted by atomic mass is 10.1. The molecule has 2 aromatic carbocycles. The van der Waals surface area contributed by atoms with Crippen molar-refractivity contribution in [3.63, 3.8) is 0 Å². The van der Waals surface area contributed by atoms with Gasteiger partial charge in [0.05, 0.1) is 12.1 Å². The zero-order chi connectivity index (χ0) is 13.8. The number of amides is 1. The number of nitrogens with one attached hydrogen (secondary N) is 1. The monoisotopic (exact) mass is 339 g/mol. The first kappa shape index (κ1) is 14.1. The normalized spacial score (nSPS) is 10.3. The number of hydrogen-bond acceptors (Lipinski definition) is 2. The highest BCUT2D eigenvalue weighted by Gasteiger charge is 2.10. The van der Waals surface area contributed by atoms with Crippen LogP contribution in [0.3, 0.4) is 0 Å². The fourth-order valence-corrected chi connectivity index (χ4v) is 2.19. The smallest absolute Gasteiger partial charge is 0.228 e. The molecular formula is C14H11BrFNOS. The maximum atomic E-state index is 13.5. The van der Waals surface area contributed by atoms with Crippen LogP contribution in [0.15, 0.2) is 51.8 Å². The van der Waals surface area contributed by atoms with E-state index in [2.05, 4.69) is 33.9 Å². The summed E-state index contributed by atoms with van der Waals surface area (Å²) in [5.74, 6) is -0.730. The summed E-state index contributed by atoms with van der Waals surface area (Å²) >= 11 is 7.38. The molecule has 2 rings (SSSR count). The van der Waals surface area contributed by atoms with Crippen LogP contribution in [0, 0.1) is 5.82 Å². The van der Waals surface area contributed by atoms with Gasteiger partial charge in [0.1, 0.15) is 5.82 Å². The molecule has 2 nitrogen and oxygen atoms in total. The van der Waals surface area contributed by atoms with E-state index in [1.54, 1.807) is 12.1 Å². The number of thiol groups is 1. The molecule has 0 aromatic heterocycles. The predicted octanol–water partition coefficient (Wildman–Crippen LogP) is 4.06. The zero-order valence-electron chi connectivity index (χ0n) is 9.86. The largest absolute Gasteiger partial charge is 0.322 e. The van der Waals surface area contributed by atoms with Crippen molar-refractivity contribution in [3.05, 3.63) is 58.3 Å². The van der Waals surface area contributed by atoms with Gasteiger partial charge in [0, 0.05) is 9.37 Å². The van der Waals surface area contributed by atoms with Gasteiger partial charge in [0.2, 0.25) is 5.91 Å². The van der Waals surface area contributed by atoms with Gasteiger partial charge in [-0.1, -0.05) is 18.2 Å². The SMILES string of the molecule is O=C(Cc1ccc(S)cc1)Nc1c(F)cccc1Br. The molecular weight excluding hydrogens is 329 g/mol. The Morgan fingerprint density at radius 1 is 1.21 bits per heavy atom. The van der Waals surface area contributed by atoms with Crippen LogP contribution >= 0.6 is 28.6 Å². The summed E-state index contributed by atoms with van der Waals surface area (Å²) in [5.41, 5.74) is 1.01. The van der Waals surface area contributed by atoms with Crippen LogP contribution in [0.25, 0.3) is 0 Å². The van der Waals surface area contributed by atoms with Crippen molar-refractivity contribution in [3.8, 4) is 0 Å². The van der Waals surface area contributed by atoms with Crippen LogP contribution in [0.4, 0.5) is 10.1 Å². The Hall–Kier alpha value is -1.33. The molecule has 0 fully saturated rings. The number of hydrogen-bond donors (Lipinski definition) is 2. The van der Waals surface area contributed by atoms with Gasteiger partial charge in [0.25, 0.3) is 0 Å². The second-order valence-corrected chi connectivity index (χ2v) is 5.36. The van der Waals surface area contributed by atoms with Crippen LogP contribution in [0.5, 0.6) is 0 Å². The van der Waals surface area contributed by atoms with Gasteiger partial charge in [0.15, 0.2) is 0 Å². The van der Waals surface area contributed by atoms with Crippen LogP contribution in [-0.2, 0) is 11.2 Å². The minimum atomic E-state index is -0.464. The van der Waals surface area contributed by atoms with E-state index in [9.17, 15) is 9.18 Å². The Labute approximate surface area is 124 Å². The Kier molecular flexibility index (Phi) is 4.61. The van der Waals surface area contributed by atoms with Gasteiger partial charge < -0.3 is 5.32 Å². The molecule has 0 unspecified atom stereocenters. The number of anilines is 1. The Morgan fingerprint density at radius 3 is 2.53 bits per heavy atom. The van der Waals surface area contributed by atoms with E-state index in [1.165, 1.54) is 6.07 Å². The highest BCUT2D eigenvalue weighted by Crippen LogP contribution is 2.25. The molecule has 0 saturated heterocycles. The first-order valence-corrected chi connectivity index (χ1v) is 6.82. The molecule has 1 N–H and O–H groups in total. The number of halogens is 2. The lowest BCUT2D eigenvalue weighted by molar-refractivity contribution is -0.115. The molecule has 0 atom stereocenters. The number of rotatable bonds is 3. The summed E-state index contributed by atoms with van der Waals surface area (Å²) in [6.07, 6.45) is 0.189. The van der Waals surface area contributed by atoms with Crippen molar-refractivity contribution < 1.29 is 9.18 Å². The fraction of sp³-hybridized carbons (Fsp3) is 0.0714. The summed E-state index contributed by atoms with van der Waals surface area (Å²) < 4.78 is 14.1. The molecule has 0 radical (unpaired) electrons. The topological polar surface area (TPSA) is 29.1 Å². The third kappa shape index (κ3) is 3.81. The maximum Gasteiger partial charge on any atom is 0.228 e. The standard InChI is InChI=1S/C14H11BrFNOS/c15-11-2-1-3-12(16)14(11)17-13(18)8-9-4-6-10(19)7-5-9/h1-7,19H,8H2,(H,17,18). The summed E-state index contributed by atoms with van der Waals surface area (Å²) in [4.78, 5) is 12.7. The Bertz CT molecular complexity index is 581. The average molecular weight is 340 g/mol. The van der Waals surface area contributed by atoms with Gasteiger partial charge >= 0.3 is 0 Å². The van der Waals surface area contributed by atoms with Gasteiger partial charge in [-0.15, -0.1) is 12.6 Å². The number of carbonyl (C=O) groups is 1. The van der Waals surface area contributed by atoms with E-state index in [1.807, 2.05) is 24.3 Å². The summed E-state index contributed by atoms with van der Waals surface area (Å²) in [6.45, 7) is 0. The summed E-state index contributed by atoms with van der Waals surface area (Å²) in [7, 11) is 0. The van der Waals surface area contributed by atoms with Gasteiger partial charge in [-0.25, -0.2) is 4.39 Å². The average Bonchev–Trinajstić information content (AvgIpc) is 2.37. The van der Waals surface area contributed by atoms with Crippen molar-refractivity contribution in [1.29, 1.82) is 0 Å². The molecule has 0 aliphatic rings. The van der Waals surface area contributed by atoms with Crippen LogP contribution in [0.2, 0.25) is 0 Å². The maximum absolute atomic E-state index is 13.5. The Balaban J connectivity index is 2.07. The van der Waals surface area contributed by atoms with E-state index in [0.29, 0.717) is 4.47 Å². The van der Waals surface area contributed by atoms with E-state index < -0.39 is 5.82 Å². The zero-order valence-corrected chi connectivity index (χ0v) is 12.3. The molecule has 0 saturated carbocycles. The second-order valence-electron chi connectivity index (χ2n) is 3.99. The molecule has 0 aliphatic heterocycles. The van der Waals surface area contributed by atoms with Crippen LogP contribution in [0.1, 0.15) is 5.56 Å². The van der Waals surface area contributed by atoms with Crippen molar-refractivity contribution in [1.82, 2.24) is 0 Å². The van der Waals surface area contributed by atoms with E-state index in [0.717, 1.165) is 10.5 Å². The first-order valence-electron chi connectivity index (χ1n) is 5.58. The van der Waals surface area contributed by atoms with Crippen molar-refractivity contribution >= 4 is 40.2 Å². The summed E-state index contributed by atoms with van der Waals surface area (Å²) in [6, 6.07) is 11.8. The molecule has 98 valence electrons. The molecule has 5 heteroatoms. The second kappa shape index (κ2) is 6.21. The minimum absolute atomic E-state index is 0.165. The Morgan fingerprint density at radius 2 is 1.89 bits per heavy atom. The molecule has 19 heavy (non-hydrogen) atoms. The lowest BCUT2D eigenvalue weighted by Crippen LogP contribution is -2.15. The highest BCUT2D eigenvalue weighted by molar-refractivity contribution is 9.10. The number of para-hydroxylation sites is 1. The molecule has 0 spiro atoms. The lowest BCUT2D eigenvalue weighted by Gasteiger charge is -2.08. The number of carbonyl (C=O) groups excluding carboxylic acids is 1. The van der Waals surface area contributed by atoms with E-state index in [-0.39, 0.29) is 18.0 Å². The predicted molar refractivity (Wildman–Crippen MR) is 80.1 cm³/mol. The van der Waals surface area contributed by atoms with Crippen molar-refractivity contribution in [2.45, 2.75) is 11.3 Å². The molecule has 0 bridgehead atoms. The first-order chi connectivity index (χ1) is 9.06. The number of benzene rings is 2. The van der Waals surface area contributed by atoms with Gasteiger partial charge in [-0.05, 0) is 45.8 Å². The van der Waals surface area contributed by atoms with Crippen molar-refractivity contribution in [2.75, 3.05) is 5.32 Å². The highest BCUT2D eigenvalue weighted by atomic mass is 79.9. The molecule has 2 aromatic rings. The quantitative estimate of drug-likeness (QED) is 0.811. The van der Waals surface area contributed by atoms with Crippen LogP contribution < -0.4 is 5.32 Å². The van der Waals surface area contributed by atoms with Gasteiger partial charge in [-0.2, -0.15) is 0 Å². The molecule has 1 amide bonds. The van der Waals surface area contributed by atoms with Crippen LogP contribution in [-0.4, -0.2) is 5.91 Å². The molecule has 0 heterocycles. The minimum Gasteiger partial charge on any atom is -0.322 e. The fourth-order valence-electron chi connectivity index (χ4n) is 1.60. The molecule has 0 aliphatic carbocycles. The van der Waals surface area contributed by atoms with E-state index >= 15 is 0 Å².